The lowest BCUT2D eigenvalue weighted by atomic mass is 9.88. The highest BCUT2D eigenvalue weighted by Gasteiger charge is 2.27. The number of amides is 1. The average molecular weight is 381 g/mol. The summed E-state index contributed by atoms with van der Waals surface area (Å²) in [6, 6.07) is 9.06. The van der Waals surface area contributed by atoms with Gasteiger partial charge in [0, 0.05) is 37.3 Å². The van der Waals surface area contributed by atoms with Crippen LogP contribution in [0.4, 0.5) is 0 Å². The van der Waals surface area contributed by atoms with Crippen LogP contribution in [0.2, 0.25) is 0 Å². The zero-order valence-corrected chi connectivity index (χ0v) is 16.2. The summed E-state index contributed by atoms with van der Waals surface area (Å²) in [4.78, 5) is 20.5. The molecule has 5 nitrogen and oxygen atoms in total. The molecule has 1 aliphatic carbocycles. The van der Waals surface area contributed by atoms with E-state index in [1.807, 2.05) is 16.5 Å². The van der Waals surface area contributed by atoms with E-state index in [4.69, 9.17) is 0 Å². The van der Waals surface area contributed by atoms with Crippen molar-refractivity contribution in [2.24, 2.45) is 0 Å². The Bertz CT molecular complexity index is 970. The summed E-state index contributed by atoms with van der Waals surface area (Å²) < 4.78 is 2.08. The number of nitrogens with one attached hydrogen (secondary N) is 1. The summed E-state index contributed by atoms with van der Waals surface area (Å²) in [6.45, 7) is 2.37. The van der Waals surface area contributed by atoms with Gasteiger partial charge >= 0.3 is 0 Å². The normalized spacial score (nSPS) is 19.6. The fourth-order valence-electron chi connectivity index (χ4n) is 4.43. The van der Waals surface area contributed by atoms with Gasteiger partial charge in [-0.25, -0.2) is 4.98 Å². The quantitative estimate of drug-likeness (QED) is 0.749. The van der Waals surface area contributed by atoms with Crippen molar-refractivity contribution in [3.05, 3.63) is 58.4 Å². The van der Waals surface area contributed by atoms with E-state index in [9.17, 15) is 4.79 Å². The van der Waals surface area contributed by atoms with Gasteiger partial charge in [-0.3, -0.25) is 9.20 Å². The smallest absolute Gasteiger partial charge is 0.274 e. The summed E-state index contributed by atoms with van der Waals surface area (Å²) in [5.41, 5.74) is 4.47. The number of carbonyl (C=O) groups excluding carboxylic acids is 1. The molecule has 1 saturated heterocycles. The Morgan fingerprint density at radius 1 is 1.22 bits per heavy atom. The van der Waals surface area contributed by atoms with Crippen LogP contribution in [0.3, 0.4) is 0 Å². The van der Waals surface area contributed by atoms with Crippen molar-refractivity contribution in [1.29, 1.82) is 0 Å². The second-order valence-electron chi connectivity index (χ2n) is 7.49. The maximum absolute atomic E-state index is 13.0. The zero-order chi connectivity index (χ0) is 18.2. The zero-order valence-electron chi connectivity index (χ0n) is 15.4. The van der Waals surface area contributed by atoms with Gasteiger partial charge in [-0.2, -0.15) is 0 Å². The molecule has 0 saturated carbocycles. The minimum atomic E-state index is 0.0873. The number of benzene rings is 1. The van der Waals surface area contributed by atoms with Crippen molar-refractivity contribution in [2.45, 2.75) is 44.7 Å². The minimum absolute atomic E-state index is 0.0873. The summed E-state index contributed by atoms with van der Waals surface area (Å²) in [5, 5.41) is 5.75. The number of rotatable bonds is 4. The molecule has 3 aromatic rings. The number of nitrogens with zero attached hydrogens (tertiary/aromatic N) is 3. The van der Waals surface area contributed by atoms with Crippen molar-refractivity contribution < 1.29 is 4.79 Å². The Hall–Kier alpha value is -2.18. The molecule has 140 valence electrons. The maximum atomic E-state index is 13.0. The first-order valence-electron chi connectivity index (χ1n) is 9.86. The van der Waals surface area contributed by atoms with Gasteiger partial charge in [-0.15, -0.1) is 11.3 Å². The van der Waals surface area contributed by atoms with Gasteiger partial charge in [-0.1, -0.05) is 24.3 Å². The van der Waals surface area contributed by atoms with E-state index in [0.717, 1.165) is 49.4 Å². The van der Waals surface area contributed by atoms with Crippen LogP contribution in [-0.2, 0) is 13.0 Å². The first-order chi connectivity index (χ1) is 13.3. The predicted octanol–water partition coefficient (Wildman–Crippen LogP) is 3.80. The van der Waals surface area contributed by atoms with Crippen molar-refractivity contribution in [3.8, 4) is 0 Å². The third kappa shape index (κ3) is 3.07. The van der Waals surface area contributed by atoms with E-state index in [0.29, 0.717) is 18.3 Å². The topological polar surface area (TPSA) is 49.6 Å². The number of aromatic nitrogens is 2. The second-order valence-corrected chi connectivity index (χ2v) is 8.36. The van der Waals surface area contributed by atoms with Crippen LogP contribution in [0.1, 0.15) is 59.0 Å². The van der Waals surface area contributed by atoms with Crippen molar-refractivity contribution >= 4 is 22.2 Å². The third-order valence-electron chi connectivity index (χ3n) is 5.84. The highest BCUT2D eigenvalue weighted by Crippen LogP contribution is 2.30. The lowest BCUT2D eigenvalue weighted by molar-refractivity contribution is 0.0786. The summed E-state index contributed by atoms with van der Waals surface area (Å²) in [6.07, 6.45) is 7.72. The molecule has 2 aliphatic rings. The molecule has 3 heterocycles. The molecule has 1 fully saturated rings. The molecule has 6 heteroatoms. The van der Waals surface area contributed by atoms with Gasteiger partial charge in [0.15, 0.2) is 10.7 Å². The first-order valence-corrected chi connectivity index (χ1v) is 10.7. The Balaban J connectivity index is 1.42. The predicted molar refractivity (Wildman–Crippen MR) is 107 cm³/mol. The van der Waals surface area contributed by atoms with Crippen molar-refractivity contribution in [3.63, 3.8) is 0 Å². The number of hydrogen-bond donors (Lipinski definition) is 1. The number of aryl methyl sites for hydroxylation is 1. The number of carbonyl (C=O) groups is 1. The molecular weight excluding hydrogens is 356 g/mol. The Kier molecular flexibility index (Phi) is 4.45. The van der Waals surface area contributed by atoms with Crippen LogP contribution in [-0.4, -0.2) is 33.3 Å². The van der Waals surface area contributed by atoms with Gasteiger partial charge < -0.3 is 10.2 Å². The molecule has 0 radical (unpaired) electrons. The van der Waals surface area contributed by atoms with E-state index in [1.54, 1.807) is 11.3 Å². The first kappa shape index (κ1) is 17.0. The molecular formula is C21H24N4OS. The number of hydrogen-bond acceptors (Lipinski definition) is 4. The standard InChI is InChI=1S/C21H24N4OS/c26-20(24-10-3-4-11-24)19-18(25-12-13-27-21(25)23-19)14-22-17-9-5-7-15-6-1-2-8-16(15)17/h1-2,6,8,12-13,17,22H,3-5,7,9-11,14H2/t17-/m1/s1. The molecule has 5 rings (SSSR count). The van der Waals surface area contributed by atoms with Gasteiger partial charge in [0.1, 0.15) is 0 Å². The number of fused-ring (bicyclic) bond motifs is 2. The monoisotopic (exact) mass is 380 g/mol. The highest BCUT2D eigenvalue weighted by molar-refractivity contribution is 7.15. The van der Waals surface area contributed by atoms with Gasteiger partial charge in [0.25, 0.3) is 5.91 Å². The molecule has 0 unspecified atom stereocenters. The molecule has 1 amide bonds. The largest absolute Gasteiger partial charge is 0.337 e. The lowest BCUT2D eigenvalue weighted by Crippen LogP contribution is -2.30. The van der Waals surface area contributed by atoms with E-state index < -0.39 is 0 Å². The maximum Gasteiger partial charge on any atom is 0.274 e. The molecule has 0 bridgehead atoms. The Labute approximate surface area is 163 Å². The molecule has 1 atom stereocenters. The molecule has 27 heavy (non-hydrogen) atoms. The van der Waals surface area contributed by atoms with Crippen molar-refractivity contribution in [2.75, 3.05) is 13.1 Å². The minimum Gasteiger partial charge on any atom is -0.337 e. The van der Waals surface area contributed by atoms with Crippen LogP contribution in [0.5, 0.6) is 0 Å². The van der Waals surface area contributed by atoms with Crippen LogP contribution < -0.4 is 5.32 Å². The summed E-state index contributed by atoms with van der Waals surface area (Å²) >= 11 is 1.59. The van der Waals surface area contributed by atoms with Crippen LogP contribution in [0, 0.1) is 0 Å². The molecule has 1 N–H and O–H groups in total. The Morgan fingerprint density at radius 3 is 2.96 bits per heavy atom. The van der Waals surface area contributed by atoms with Crippen LogP contribution in [0.25, 0.3) is 4.96 Å². The number of thiazole rings is 1. The fourth-order valence-corrected chi connectivity index (χ4v) is 5.16. The molecule has 1 aliphatic heterocycles. The summed E-state index contributed by atoms with van der Waals surface area (Å²) in [7, 11) is 0. The van der Waals surface area contributed by atoms with E-state index >= 15 is 0 Å². The molecule has 0 spiro atoms. The number of imidazole rings is 1. The lowest BCUT2D eigenvalue weighted by Gasteiger charge is -2.26. The van der Waals surface area contributed by atoms with Gasteiger partial charge in [0.05, 0.1) is 5.69 Å². The van der Waals surface area contributed by atoms with Crippen LogP contribution >= 0.6 is 11.3 Å². The average Bonchev–Trinajstić information content (AvgIpc) is 3.43. The van der Waals surface area contributed by atoms with E-state index in [1.165, 1.54) is 17.5 Å². The van der Waals surface area contributed by atoms with Crippen LogP contribution in [0.15, 0.2) is 35.8 Å². The number of likely N-dealkylation sites (tertiary alicyclic amines) is 1. The molecule has 1 aromatic carbocycles. The van der Waals surface area contributed by atoms with Crippen molar-refractivity contribution in [1.82, 2.24) is 19.6 Å². The van der Waals surface area contributed by atoms with Gasteiger partial charge in [0.2, 0.25) is 0 Å². The second kappa shape index (κ2) is 7.09. The SMILES string of the molecule is O=C(c1nc2sccn2c1CN[C@@H]1CCCc2ccccc21)N1CCCC1. The third-order valence-corrected chi connectivity index (χ3v) is 6.60. The van der Waals surface area contributed by atoms with E-state index in [-0.39, 0.29) is 5.91 Å². The summed E-state index contributed by atoms with van der Waals surface area (Å²) in [5.74, 6) is 0.0873. The van der Waals surface area contributed by atoms with Gasteiger partial charge in [-0.05, 0) is 43.2 Å². The fraction of sp³-hybridized carbons (Fsp3) is 0.429. The highest BCUT2D eigenvalue weighted by atomic mass is 32.1. The Morgan fingerprint density at radius 2 is 2.07 bits per heavy atom. The van der Waals surface area contributed by atoms with E-state index in [2.05, 4.69) is 39.0 Å². The molecule has 2 aromatic heterocycles.